The van der Waals surface area contributed by atoms with Gasteiger partial charge in [-0.3, -0.25) is 4.90 Å². The molecule has 1 atom stereocenters. The molecule has 1 fully saturated rings. The van der Waals surface area contributed by atoms with Gasteiger partial charge in [0.25, 0.3) is 0 Å². The maximum Gasteiger partial charge on any atom is 0.0922 e. The third-order valence-corrected chi connectivity index (χ3v) is 2.73. The molecule has 1 aromatic heterocycles. The van der Waals surface area contributed by atoms with E-state index in [4.69, 9.17) is 0 Å². The molecule has 2 heterocycles. The standard InChI is InChI=1S/C9H16N4/c1-12-3-4-13(2)9(6-12)8-5-10-7-11-8/h5,7,9H,3-4,6H2,1-2H3,(H,10,11). The summed E-state index contributed by atoms with van der Waals surface area (Å²) in [5.41, 5.74) is 1.22. The Morgan fingerprint density at radius 1 is 1.46 bits per heavy atom. The molecular formula is C9H16N4. The molecule has 0 amide bonds. The van der Waals surface area contributed by atoms with E-state index in [2.05, 4.69) is 33.9 Å². The topological polar surface area (TPSA) is 35.2 Å². The minimum absolute atomic E-state index is 0.473. The third-order valence-electron chi connectivity index (χ3n) is 2.73. The van der Waals surface area contributed by atoms with E-state index in [1.165, 1.54) is 5.69 Å². The molecule has 1 N–H and O–H groups in total. The number of nitrogens with zero attached hydrogens (tertiary/aromatic N) is 3. The van der Waals surface area contributed by atoms with Crippen LogP contribution in [0.3, 0.4) is 0 Å². The molecule has 1 aromatic rings. The molecular weight excluding hydrogens is 164 g/mol. The minimum Gasteiger partial charge on any atom is -0.347 e. The lowest BCUT2D eigenvalue weighted by atomic mass is 10.1. The third kappa shape index (κ3) is 1.73. The molecule has 13 heavy (non-hydrogen) atoms. The molecule has 4 heteroatoms. The molecule has 0 aliphatic carbocycles. The van der Waals surface area contributed by atoms with Gasteiger partial charge < -0.3 is 9.88 Å². The second-order valence-corrected chi connectivity index (χ2v) is 3.77. The largest absolute Gasteiger partial charge is 0.347 e. The predicted molar refractivity (Wildman–Crippen MR) is 51.5 cm³/mol. The fourth-order valence-corrected chi connectivity index (χ4v) is 1.79. The zero-order valence-corrected chi connectivity index (χ0v) is 8.20. The van der Waals surface area contributed by atoms with Crippen molar-refractivity contribution in [3.63, 3.8) is 0 Å². The predicted octanol–water partition coefficient (Wildman–Crippen LogP) is 0.328. The van der Waals surface area contributed by atoms with Crippen LogP contribution in [0.4, 0.5) is 0 Å². The van der Waals surface area contributed by atoms with Crippen LogP contribution in [-0.2, 0) is 0 Å². The van der Waals surface area contributed by atoms with E-state index in [1.807, 2.05) is 6.20 Å². The Kier molecular flexibility index (Phi) is 2.33. The van der Waals surface area contributed by atoms with Gasteiger partial charge in [-0.1, -0.05) is 0 Å². The molecule has 0 saturated carbocycles. The van der Waals surface area contributed by atoms with Gasteiger partial charge in [-0.2, -0.15) is 0 Å². The van der Waals surface area contributed by atoms with Crippen LogP contribution in [0.25, 0.3) is 0 Å². The smallest absolute Gasteiger partial charge is 0.0922 e. The van der Waals surface area contributed by atoms with E-state index in [1.54, 1.807) is 6.33 Å². The van der Waals surface area contributed by atoms with Gasteiger partial charge in [0.2, 0.25) is 0 Å². The van der Waals surface area contributed by atoms with Crippen LogP contribution in [0.1, 0.15) is 11.7 Å². The summed E-state index contributed by atoms with van der Waals surface area (Å²) in [5.74, 6) is 0. The van der Waals surface area contributed by atoms with E-state index >= 15 is 0 Å². The van der Waals surface area contributed by atoms with Gasteiger partial charge in [-0.25, -0.2) is 4.98 Å². The minimum atomic E-state index is 0.473. The van der Waals surface area contributed by atoms with Crippen molar-refractivity contribution in [2.75, 3.05) is 33.7 Å². The van der Waals surface area contributed by atoms with Crippen molar-refractivity contribution >= 4 is 0 Å². The molecule has 72 valence electrons. The first-order valence-corrected chi connectivity index (χ1v) is 4.64. The average Bonchev–Trinajstić information content (AvgIpc) is 2.61. The molecule has 0 bridgehead atoms. The summed E-state index contributed by atoms with van der Waals surface area (Å²) in [6, 6.07) is 0.473. The van der Waals surface area contributed by atoms with Crippen molar-refractivity contribution in [1.29, 1.82) is 0 Å². The molecule has 1 aliphatic heterocycles. The lowest BCUT2D eigenvalue weighted by molar-refractivity contribution is 0.113. The number of piperazine rings is 1. The van der Waals surface area contributed by atoms with Crippen molar-refractivity contribution < 1.29 is 0 Å². The number of hydrogen-bond donors (Lipinski definition) is 1. The summed E-state index contributed by atoms with van der Waals surface area (Å²) in [7, 11) is 4.33. The van der Waals surface area contributed by atoms with Crippen molar-refractivity contribution in [3.05, 3.63) is 18.2 Å². The van der Waals surface area contributed by atoms with Crippen molar-refractivity contribution in [3.8, 4) is 0 Å². The fraction of sp³-hybridized carbons (Fsp3) is 0.667. The lowest BCUT2D eigenvalue weighted by Gasteiger charge is -2.36. The number of rotatable bonds is 1. The summed E-state index contributed by atoms with van der Waals surface area (Å²) in [4.78, 5) is 12.0. The quantitative estimate of drug-likeness (QED) is 0.676. The van der Waals surface area contributed by atoms with Crippen LogP contribution in [-0.4, -0.2) is 53.5 Å². The highest BCUT2D eigenvalue weighted by Gasteiger charge is 2.24. The maximum atomic E-state index is 4.06. The van der Waals surface area contributed by atoms with Crippen LogP contribution in [0.5, 0.6) is 0 Å². The number of H-pyrrole nitrogens is 1. The summed E-state index contributed by atoms with van der Waals surface area (Å²) < 4.78 is 0. The van der Waals surface area contributed by atoms with E-state index in [0.717, 1.165) is 19.6 Å². The van der Waals surface area contributed by atoms with Crippen molar-refractivity contribution in [1.82, 2.24) is 19.8 Å². The summed E-state index contributed by atoms with van der Waals surface area (Å²) >= 11 is 0. The normalized spacial score (nSPS) is 26.5. The van der Waals surface area contributed by atoms with Gasteiger partial charge in [0, 0.05) is 25.8 Å². The Balaban J connectivity index is 2.12. The first-order chi connectivity index (χ1) is 6.27. The SMILES string of the molecule is CN1CCN(C)C(c2cnc[nH]2)C1. The Bertz CT molecular complexity index is 257. The van der Waals surface area contributed by atoms with Crippen LogP contribution >= 0.6 is 0 Å². The van der Waals surface area contributed by atoms with Crippen LogP contribution in [0, 0.1) is 0 Å². The van der Waals surface area contributed by atoms with Crippen molar-refractivity contribution in [2.24, 2.45) is 0 Å². The molecule has 0 aromatic carbocycles. The van der Waals surface area contributed by atoms with Crippen LogP contribution in [0.15, 0.2) is 12.5 Å². The van der Waals surface area contributed by atoms with E-state index < -0.39 is 0 Å². The number of imidazole rings is 1. The van der Waals surface area contributed by atoms with Gasteiger partial charge in [-0.15, -0.1) is 0 Å². The second-order valence-electron chi connectivity index (χ2n) is 3.77. The monoisotopic (exact) mass is 180 g/mol. The fourth-order valence-electron chi connectivity index (χ4n) is 1.79. The zero-order valence-electron chi connectivity index (χ0n) is 8.20. The highest BCUT2D eigenvalue weighted by molar-refractivity contribution is 5.04. The highest BCUT2D eigenvalue weighted by atomic mass is 15.3. The second kappa shape index (κ2) is 3.47. The van der Waals surface area contributed by atoms with Gasteiger partial charge in [0.05, 0.1) is 18.1 Å². The number of nitrogens with one attached hydrogen (secondary N) is 1. The first kappa shape index (κ1) is 8.72. The summed E-state index contributed by atoms with van der Waals surface area (Å²) in [5, 5.41) is 0. The molecule has 2 rings (SSSR count). The highest BCUT2D eigenvalue weighted by Crippen LogP contribution is 2.20. The van der Waals surface area contributed by atoms with E-state index in [0.29, 0.717) is 6.04 Å². The van der Waals surface area contributed by atoms with Gasteiger partial charge in [0.1, 0.15) is 0 Å². The molecule has 0 radical (unpaired) electrons. The van der Waals surface area contributed by atoms with Crippen LogP contribution in [0.2, 0.25) is 0 Å². The van der Waals surface area contributed by atoms with E-state index in [-0.39, 0.29) is 0 Å². The molecule has 4 nitrogen and oxygen atoms in total. The van der Waals surface area contributed by atoms with Gasteiger partial charge in [-0.05, 0) is 14.1 Å². The molecule has 0 spiro atoms. The number of likely N-dealkylation sites (N-methyl/N-ethyl adjacent to an activating group) is 2. The molecule has 1 unspecified atom stereocenters. The maximum absolute atomic E-state index is 4.06. The summed E-state index contributed by atoms with van der Waals surface area (Å²) in [6.45, 7) is 3.36. The van der Waals surface area contributed by atoms with Crippen molar-refractivity contribution in [2.45, 2.75) is 6.04 Å². The van der Waals surface area contributed by atoms with Gasteiger partial charge >= 0.3 is 0 Å². The summed E-state index contributed by atoms with van der Waals surface area (Å²) in [6.07, 6.45) is 3.66. The first-order valence-electron chi connectivity index (χ1n) is 4.64. The molecule has 1 aliphatic rings. The Morgan fingerprint density at radius 2 is 2.31 bits per heavy atom. The Labute approximate surface area is 78.6 Å². The lowest BCUT2D eigenvalue weighted by Crippen LogP contribution is -2.44. The average molecular weight is 180 g/mol. The molecule has 1 saturated heterocycles. The van der Waals surface area contributed by atoms with Gasteiger partial charge in [0.15, 0.2) is 0 Å². The van der Waals surface area contributed by atoms with E-state index in [9.17, 15) is 0 Å². The zero-order chi connectivity index (χ0) is 9.26. The number of hydrogen-bond acceptors (Lipinski definition) is 3. The Morgan fingerprint density at radius 3 is 3.00 bits per heavy atom. The Hall–Kier alpha value is -0.870. The number of aromatic nitrogens is 2. The number of aromatic amines is 1. The van der Waals surface area contributed by atoms with Crippen LogP contribution < -0.4 is 0 Å².